The SMILES string of the molecule is CC1(C2CCCNC2)COC(=O)N1Cc1cccc(F)c1. The number of nitrogens with one attached hydrogen (secondary N) is 1. The number of carbonyl (C=O) groups excluding carboxylic acids is 1. The average molecular weight is 292 g/mol. The molecule has 4 nitrogen and oxygen atoms in total. The summed E-state index contributed by atoms with van der Waals surface area (Å²) >= 11 is 0. The van der Waals surface area contributed by atoms with Crippen LogP contribution >= 0.6 is 0 Å². The second-order valence-electron chi connectivity index (χ2n) is 6.17. The number of nitrogens with zero attached hydrogens (tertiary/aromatic N) is 1. The number of ether oxygens (including phenoxy) is 1. The number of piperidine rings is 1. The average Bonchev–Trinajstić information content (AvgIpc) is 2.78. The molecule has 2 aliphatic heterocycles. The van der Waals surface area contributed by atoms with Crippen LogP contribution in [0.5, 0.6) is 0 Å². The summed E-state index contributed by atoms with van der Waals surface area (Å²) in [5, 5.41) is 3.39. The van der Waals surface area contributed by atoms with E-state index in [0.717, 1.165) is 31.5 Å². The van der Waals surface area contributed by atoms with E-state index in [1.54, 1.807) is 11.0 Å². The van der Waals surface area contributed by atoms with Crippen LogP contribution in [0.3, 0.4) is 0 Å². The highest BCUT2D eigenvalue weighted by atomic mass is 19.1. The molecule has 2 unspecified atom stereocenters. The molecule has 2 saturated heterocycles. The molecule has 0 radical (unpaired) electrons. The van der Waals surface area contributed by atoms with Gasteiger partial charge < -0.3 is 10.1 Å². The van der Waals surface area contributed by atoms with E-state index < -0.39 is 0 Å². The van der Waals surface area contributed by atoms with E-state index in [-0.39, 0.29) is 17.4 Å². The van der Waals surface area contributed by atoms with E-state index in [4.69, 9.17) is 4.74 Å². The zero-order chi connectivity index (χ0) is 14.9. The Kier molecular flexibility index (Phi) is 3.85. The van der Waals surface area contributed by atoms with Gasteiger partial charge in [-0.05, 0) is 49.9 Å². The second kappa shape index (κ2) is 5.64. The van der Waals surface area contributed by atoms with Crippen molar-refractivity contribution in [2.75, 3.05) is 19.7 Å². The number of carbonyl (C=O) groups is 1. The van der Waals surface area contributed by atoms with Crippen molar-refractivity contribution >= 4 is 6.09 Å². The number of benzene rings is 1. The van der Waals surface area contributed by atoms with Crippen LogP contribution in [-0.4, -0.2) is 36.2 Å². The molecule has 1 amide bonds. The van der Waals surface area contributed by atoms with Gasteiger partial charge in [0.25, 0.3) is 0 Å². The minimum Gasteiger partial charge on any atom is -0.447 e. The van der Waals surface area contributed by atoms with Crippen LogP contribution in [0.2, 0.25) is 0 Å². The van der Waals surface area contributed by atoms with Crippen LogP contribution in [-0.2, 0) is 11.3 Å². The Morgan fingerprint density at radius 2 is 2.38 bits per heavy atom. The number of rotatable bonds is 3. The molecule has 2 atom stereocenters. The number of cyclic esters (lactones) is 1. The fourth-order valence-corrected chi connectivity index (χ4v) is 3.36. The third-order valence-corrected chi connectivity index (χ3v) is 4.73. The maximum atomic E-state index is 13.3. The maximum absolute atomic E-state index is 13.3. The Hall–Kier alpha value is -1.62. The number of hydrogen-bond donors (Lipinski definition) is 1. The van der Waals surface area contributed by atoms with E-state index in [1.807, 2.05) is 6.07 Å². The molecule has 21 heavy (non-hydrogen) atoms. The standard InChI is InChI=1S/C16H21FN2O2/c1-16(13-5-3-7-18-9-13)11-21-15(20)19(16)10-12-4-2-6-14(17)8-12/h2,4,6,8,13,18H,3,5,7,9-11H2,1H3. The molecule has 0 bridgehead atoms. The first-order chi connectivity index (χ1) is 10.1. The van der Waals surface area contributed by atoms with Gasteiger partial charge in [0.2, 0.25) is 0 Å². The Bertz CT molecular complexity index is 531. The highest BCUT2D eigenvalue weighted by molar-refractivity contribution is 5.71. The van der Waals surface area contributed by atoms with E-state index in [9.17, 15) is 9.18 Å². The third-order valence-electron chi connectivity index (χ3n) is 4.73. The molecule has 1 aromatic rings. The zero-order valence-electron chi connectivity index (χ0n) is 12.3. The van der Waals surface area contributed by atoms with Crippen molar-refractivity contribution < 1.29 is 13.9 Å². The largest absolute Gasteiger partial charge is 0.447 e. The summed E-state index contributed by atoms with van der Waals surface area (Å²) in [5.41, 5.74) is 0.473. The van der Waals surface area contributed by atoms with Crippen molar-refractivity contribution in [3.63, 3.8) is 0 Å². The Morgan fingerprint density at radius 3 is 3.10 bits per heavy atom. The van der Waals surface area contributed by atoms with Crippen LogP contribution in [0.25, 0.3) is 0 Å². The monoisotopic (exact) mass is 292 g/mol. The summed E-state index contributed by atoms with van der Waals surface area (Å²) in [6, 6.07) is 6.40. The lowest BCUT2D eigenvalue weighted by Crippen LogP contribution is -2.54. The first-order valence-electron chi connectivity index (χ1n) is 7.49. The molecular weight excluding hydrogens is 271 g/mol. The van der Waals surface area contributed by atoms with Crippen molar-refractivity contribution in [2.45, 2.75) is 31.8 Å². The van der Waals surface area contributed by atoms with Crippen LogP contribution in [0.1, 0.15) is 25.3 Å². The lowest BCUT2D eigenvalue weighted by molar-refractivity contribution is 0.0921. The van der Waals surface area contributed by atoms with Crippen molar-refractivity contribution in [1.82, 2.24) is 10.2 Å². The van der Waals surface area contributed by atoms with Gasteiger partial charge >= 0.3 is 6.09 Å². The Labute approximate surface area is 124 Å². The van der Waals surface area contributed by atoms with Gasteiger partial charge in [0, 0.05) is 13.1 Å². The summed E-state index contributed by atoms with van der Waals surface area (Å²) < 4.78 is 18.6. The van der Waals surface area contributed by atoms with Gasteiger partial charge in [-0.1, -0.05) is 12.1 Å². The highest BCUT2D eigenvalue weighted by Crippen LogP contribution is 2.36. The fraction of sp³-hybridized carbons (Fsp3) is 0.562. The normalized spacial score (nSPS) is 29.5. The fourth-order valence-electron chi connectivity index (χ4n) is 3.36. The molecule has 0 aromatic heterocycles. The summed E-state index contributed by atoms with van der Waals surface area (Å²) in [6.45, 7) is 4.81. The molecule has 2 heterocycles. The van der Waals surface area contributed by atoms with Crippen molar-refractivity contribution in [2.24, 2.45) is 5.92 Å². The van der Waals surface area contributed by atoms with Crippen molar-refractivity contribution in [3.8, 4) is 0 Å². The first-order valence-corrected chi connectivity index (χ1v) is 7.49. The number of amides is 1. The summed E-state index contributed by atoms with van der Waals surface area (Å²) in [7, 11) is 0. The van der Waals surface area contributed by atoms with Gasteiger partial charge in [-0.25, -0.2) is 9.18 Å². The second-order valence-corrected chi connectivity index (χ2v) is 6.17. The molecular formula is C16H21FN2O2. The molecule has 0 spiro atoms. The minimum atomic E-state index is -0.323. The molecule has 3 rings (SSSR count). The lowest BCUT2D eigenvalue weighted by Gasteiger charge is -2.41. The van der Waals surface area contributed by atoms with Gasteiger partial charge in [0.1, 0.15) is 12.4 Å². The minimum absolute atomic E-state index is 0.277. The zero-order valence-corrected chi connectivity index (χ0v) is 12.3. The van der Waals surface area contributed by atoms with Gasteiger partial charge in [0.15, 0.2) is 0 Å². The predicted molar refractivity (Wildman–Crippen MR) is 77.3 cm³/mol. The summed E-state index contributed by atoms with van der Waals surface area (Å²) in [6.07, 6.45) is 1.90. The summed E-state index contributed by atoms with van der Waals surface area (Å²) in [4.78, 5) is 13.9. The quantitative estimate of drug-likeness (QED) is 0.931. The van der Waals surface area contributed by atoms with E-state index in [1.165, 1.54) is 12.1 Å². The van der Waals surface area contributed by atoms with Crippen LogP contribution in [0, 0.1) is 11.7 Å². The Morgan fingerprint density at radius 1 is 1.52 bits per heavy atom. The highest BCUT2D eigenvalue weighted by Gasteiger charge is 2.48. The molecule has 0 aliphatic carbocycles. The van der Waals surface area contributed by atoms with Crippen LogP contribution in [0.4, 0.5) is 9.18 Å². The van der Waals surface area contributed by atoms with Crippen LogP contribution < -0.4 is 5.32 Å². The molecule has 0 saturated carbocycles. The van der Waals surface area contributed by atoms with Gasteiger partial charge in [-0.15, -0.1) is 0 Å². The van der Waals surface area contributed by atoms with Crippen LogP contribution in [0.15, 0.2) is 24.3 Å². The van der Waals surface area contributed by atoms with Gasteiger partial charge in [0.05, 0.1) is 5.54 Å². The van der Waals surface area contributed by atoms with Gasteiger partial charge in [-0.2, -0.15) is 0 Å². The Balaban J connectivity index is 1.81. The smallest absolute Gasteiger partial charge is 0.410 e. The van der Waals surface area contributed by atoms with E-state index in [2.05, 4.69) is 12.2 Å². The molecule has 2 aliphatic rings. The molecule has 2 fully saturated rings. The summed E-state index contributed by atoms with van der Waals surface area (Å²) in [5.74, 6) is 0.0901. The molecule has 1 N–H and O–H groups in total. The van der Waals surface area contributed by atoms with E-state index >= 15 is 0 Å². The molecule has 5 heteroatoms. The van der Waals surface area contributed by atoms with Crippen molar-refractivity contribution in [1.29, 1.82) is 0 Å². The topological polar surface area (TPSA) is 41.6 Å². The third kappa shape index (κ3) is 2.75. The maximum Gasteiger partial charge on any atom is 0.410 e. The van der Waals surface area contributed by atoms with E-state index in [0.29, 0.717) is 19.1 Å². The first kappa shape index (κ1) is 14.3. The van der Waals surface area contributed by atoms with Crippen molar-refractivity contribution in [3.05, 3.63) is 35.6 Å². The molecule has 1 aromatic carbocycles. The molecule has 114 valence electrons. The number of hydrogen-bond acceptors (Lipinski definition) is 3. The predicted octanol–water partition coefficient (Wildman–Crippen LogP) is 2.54. The lowest BCUT2D eigenvalue weighted by atomic mass is 9.80. The number of halogens is 1. The van der Waals surface area contributed by atoms with Gasteiger partial charge in [-0.3, -0.25) is 4.90 Å².